The summed E-state index contributed by atoms with van der Waals surface area (Å²) in [4.78, 5) is 22.3. The van der Waals surface area contributed by atoms with E-state index in [2.05, 4.69) is 10.1 Å². The first-order valence-electron chi connectivity index (χ1n) is 5.82. The highest BCUT2D eigenvalue weighted by atomic mass is 16.5. The van der Waals surface area contributed by atoms with Gasteiger partial charge in [0.1, 0.15) is 5.75 Å². The molecule has 0 aliphatic carbocycles. The number of rotatable bonds is 6. The maximum absolute atomic E-state index is 11.5. The first-order valence-corrected chi connectivity index (χ1v) is 5.82. The predicted molar refractivity (Wildman–Crippen MR) is 71.7 cm³/mol. The Balaban J connectivity index is 2.42. The van der Waals surface area contributed by atoms with E-state index in [1.54, 1.807) is 13.2 Å². The van der Waals surface area contributed by atoms with Gasteiger partial charge >= 0.3 is 5.97 Å². The molecule has 102 valence electrons. The molecule has 1 amide bonds. The van der Waals surface area contributed by atoms with Gasteiger partial charge in [-0.15, -0.1) is 0 Å². The van der Waals surface area contributed by atoms with Crippen LogP contribution in [0.25, 0.3) is 6.08 Å². The van der Waals surface area contributed by atoms with E-state index in [4.69, 9.17) is 4.74 Å². The van der Waals surface area contributed by atoms with Crippen molar-refractivity contribution in [2.75, 3.05) is 20.8 Å². The molecule has 0 atom stereocenters. The van der Waals surface area contributed by atoms with Gasteiger partial charge in [0.25, 0.3) is 0 Å². The quantitative estimate of drug-likeness (QED) is 0.622. The maximum atomic E-state index is 11.5. The molecule has 0 spiro atoms. The number of benzene rings is 1. The topological polar surface area (TPSA) is 64.6 Å². The molecule has 0 saturated carbocycles. The highest BCUT2D eigenvalue weighted by Crippen LogP contribution is 2.13. The normalized spacial score (nSPS) is 10.2. The third kappa shape index (κ3) is 5.72. The lowest BCUT2D eigenvalue weighted by Gasteiger charge is -2.01. The molecule has 1 aromatic rings. The number of carbonyl (C=O) groups is 2. The molecule has 0 fully saturated rings. The van der Waals surface area contributed by atoms with Crippen molar-refractivity contribution in [1.82, 2.24) is 5.32 Å². The molecule has 0 aliphatic rings. The minimum absolute atomic E-state index is 0.162. The molecule has 0 aliphatic heterocycles. The maximum Gasteiger partial charge on any atom is 0.307 e. The van der Waals surface area contributed by atoms with Gasteiger partial charge in [-0.25, -0.2) is 0 Å². The predicted octanol–water partition coefficient (Wildman–Crippen LogP) is 1.39. The zero-order valence-corrected chi connectivity index (χ0v) is 11.0. The molecule has 1 aromatic carbocycles. The van der Waals surface area contributed by atoms with Crippen molar-refractivity contribution in [3.63, 3.8) is 0 Å². The molecule has 1 N–H and O–H groups in total. The number of hydrogen-bond donors (Lipinski definition) is 1. The zero-order valence-electron chi connectivity index (χ0n) is 11.0. The summed E-state index contributed by atoms with van der Waals surface area (Å²) in [5.74, 6) is 0.122. The van der Waals surface area contributed by atoms with E-state index in [1.807, 2.05) is 24.3 Å². The van der Waals surface area contributed by atoms with Crippen LogP contribution in [0.2, 0.25) is 0 Å². The number of esters is 1. The molecular formula is C14H17NO4. The molecule has 0 radical (unpaired) electrons. The molecular weight excluding hydrogens is 246 g/mol. The Morgan fingerprint density at radius 1 is 1.32 bits per heavy atom. The minimum atomic E-state index is -0.350. The standard InChI is InChI=1S/C14H17NO4/c1-18-12-5-3-4-11(10-12)6-7-13(16)15-9-8-14(17)19-2/h3-7,10H,8-9H2,1-2H3,(H,15,16)/b7-6+. The average molecular weight is 263 g/mol. The van der Waals surface area contributed by atoms with Crippen LogP contribution >= 0.6 is 0 Å². The minimum Gasteiger partial charge on any atom is -0.497 e. The van der Waals surface area contributed by atoms with Crippen LogP contribution in [0.3, 0.4) is 0 Å². The Morgan fingerprint density at radius 3 is 2.79 bits per heavy atom. The van der Waals surface area contributed by atoms with E-state index in [1.165, 1.54) is 13.2 Å². The Kier molecular flexibility index (Phi) is 6.15. The molecule has 0 heterocycles. The lowest BCUT2D eigenvalue weighted by molar-refractivity contribution is -0.140. The van der Waals surface area contributed by atoms with Crippen molar-refractivity contribution < 1.29 is 19.1 Å². The average Bonchev–Trinajstić information content (AvgIpc) is 2.45. The lowest BCUT2D eigenvalue weighted by Crippen LogP contribution is -2.24. The van der Waals surface area contributed by atoms with Crippen molar-refractivity contribution in [2.24, 2.45) is 0 Å². The fourth-order valence-electron chi connectivity index (χ4n) is 1.37. The van der Waals surface area contributed by atoms with Gasteiger partial charge in [-0.2, -0.15) is 0 Å². The van der Waals surface area contributed by atoms with Crippen LogP contribution in [0.15, 0.2) is 30.3 Å². The third-order valence-corrected chi connectivity index (χ3v) is 2.38. The van der Waals surface area contributed by atoms with Gasteiger partial charge in [0, 0.05) is 12.6 Å². The summed E-state index contributed by atoms with van der Waals surface area (Å²) in [5.41, 5.74) is 0.863. The van der Waals surface area contributed by atoms with Gasteiger partial charge < -0.3 is 14.8 Å². The zero-order chi connectivity index (χ0) is 14.1. The molecule has 19 heavy (non-hydrogen) atoms. The van der Waals surface area contributed by atoms with Crippen LogP contribution in [-0.4, -0.2) is 32.6 Å². The molecule has 0 saturated heterocycles. The Morgan fingerprint density at radius 2 is 2.11 bits per heavy atom. The van der Waals surface area contributed by atoms with Gasteiger partial charge in [-0.1, -0.05) is 12.1 Å². The summed E-state index contributed by atoms with van der Waals surface area (Å²) in [7, 11) is 2.90. The molecule has 0 aromatic heterocycles. The summed E-state index contributed by atoms with van der Waals surface area (Å²) in [6.07, 6.45) is 3.25. The van der Waals surface area contributed by atoms with E-state index in [-0.39, 0.29) is 24.8 Å². The molecule has 0 bridgehead atoms. The number of nitrogens with one attached hydrogen (secondary N) is 1. The number of methoxy groups -OCH3 is 2. The Bertz CT molecular complexity index is 468. The fraction of sp³-hybridized carbons (Fsp3) is 0.286. The first kappa shape index (κ1) is 14.8. The number of carbonyl (C=O) groups excluding carboxylic acids is 2. The van der Waals surface area contributed by atoms with Crippen LogP contribution in [0.5, 0.6) is 5.75 Å². The van der Waals surface area contributed by atoms with E-state index in [0.29, 0.717) is 0 Å². The number of ether oxygens (including phenoxy) is 2. The van der Waals surface area contributed by atoms with Crippen molar-refractivity contribution in [1.29, 1.82) is 0 Å². The molecule has 5 nitrogen and oxygen atoms in total. The SMILES string of the molecule is COC(=O)CCNC(=O)/C=C/c1cccc(OC)c1. The summed E-state index contributed by atoms with van der Waals surface area (Å²) < 4.78 is 9.54. The van der Waals surface area contributed by atoms with Gasteiger partial charge in [0.15, 0.2) is 0 Å². The largest absolute Gasteiger partial charge is 0.497 e. The molecule has 1 rings (SSSR count). The van der Waals surface area contributed by atoms with E-state index in [9.17, 15) is 9.59 Å². The van der Waals surface area contributed by atoms with Crippen LogP contribution in [-0.2, 0) is 14.3 Å². The second-order valence-corrected chi connectivity index (χ2v) is 3.73. The van der Waals surface area contributed by atoms with Gasteiger partial charge in [0.2, 0.25) is 5.91 Å². The van der Waals surface area contributed by atoms with E-state index < -0.39 is 0 Å². The van der Waals surface area contributed by atoms with Crippen LogP contribution < -0.4 is 10.1 Å². The van der Waals surface area contributed by atoms with E-state index >= 15 is 0 Å². The van der Waals surface area contributed by atoms with Gasteiger partial charge in [-0.3, -0.25) is 9.59 Å². The monoisotopic (exact) mass is 263 g/mol. The van der Waals surface area contributed by atoms with Crippen molar-refractivity contribution in [2.45, 2.75) is 6.42 Å². The van der Waals surface area contributed by atoms with Crippen molar-refractivity contribution in [3.8, 4) is 5.75 Å². The highest BCUT2D eigenvalue weighted by molar-refractivity contribution is 5.91. The second-order valence-electron chi connectivity index (χ2n) is 3.73. The van der Waals surface area contributed by atoms with Crippen LogP contribution in [0.1, 0.15) is 12.0 Å². The van der Waals surface area contributed by atoms with E-state index in [0.717, 1.165) is 11.3 Å². The number of amides is 1. The third-order valence-electron chi connectivity index (χ3n) is 2.38. The van der Waals surface area contributed by atoms with Crippen molar-refractivity contribution >= 4 is 18.0 Å². The molecule has 0 unspecified atom stereocenters. The van der Waals surface area contributed by atoms with Crippen LogP contribution in [0.4, 0.5) is 0 Å². The fourth-order valence-corrected chi connectivity index (χ4v) is 1.37. The van der Waals surface area contributed by atoms with Crippen LogP contribution in [0, 0.1) is 0 Å². The van der Waals surface area contributed by atoms with Gasteiger partial charge in [0.05, 0.1) is 20.6 Å². The molecule has 5 heteroatoms. The Hall–Kier alpha value is -2.30. The lowest BCUT2D eigenvalue weighted by atomic mass is 10.2. The van der Waals surface area contributed by atoms with Gasteiger partial charge in [-0.05, 0) is 23.8 Å². The smallest absolute Gasteiger partial charge is 0.307 e. The summed E-state index contributed by atoms with van der Waals surface area (Å²) in [6.45, 7) is 0.258. The van der Waals surface area contributed by atoms with Crippen molar-refractivity contribution in [3.05, 3.63) is 35.9 Å². The highest BCUT2D eigenvalue weighted by Gasteiger charge is 2.01. The first-order chi connectivity index (χ1) is 9.15. The number of hydrogen-bond acceptors (Lipinski definition) is 4. The Labute approximate surface area is 112 Å². The summed E-state index contributed by atoms with van der Waals surface area (Å²) in [6, 6.07) is 7.35. The summed E-state index contributed by atoms with van der Waals surface area (Å²) in [5, 5.41) is 2.59. The second kappa shape index (κ2) is 7.92. The summed E-state index contributed by atoms with van der Waals surface area (Å²) >= 11 is 0.